The summed E-state index contributed by atoms with van der Waals surface area (Å²) in [5, 5.41) is 0. The Labute approximate surface area is 96.8 Å². The van der Waals surface area contributed by atoms with Gasteiger partial charge >= 0.3 is 0 Å². The zero-order valence-corrected chi connectivity index (χ0v) is 9.93. The standard InChI is InChI=1S/C12H20N2O2/c1-10(13)12(16-9-5-8-15-2)11-6-3-4-7-14-11/h3-4,6-7,10,12H,5,8-9,13H2,1-2H3. The average Bonchev–Trinajstić information content (AvgIpc) is 2.30. The van der Waals surface area contributed by atoms with Gasteiger partial charge in [0.05, 0.1) is 5.69 Å². The van der Waals surface area contributed by atoms with E-state index in [-0.39, 0.29) is 12.1 Å². The molecule has 1 rings (SSSR count). The van der Waals surface area contributed by atoms with Gasteiger partial charge in [-0.2, -0.15) is 0 Å². The van der Waals surface area contributed by atoms with Crippen LogP contribution in [-0.2, 0) is 9.47 Å². The summed E-state index contributed by atoms with van der Waals surface area (Å²) in [6, 6.07) is 5.69. The quantitative estimate of drug-likeness (QED) is 0.713. The molecule has 2 unspecified atom stereocenters. The topological polar surface area (TPSA) is 57.4 Å². The van der Waals surface area contributed by atoms with Gasteiger partial charge in [0.15, 0.2) is 0 Å². The Morgan fingerprint density at radius 2 is 2.19 bits per heavy atom. The number of nitrogens with zero attached hydrogens (tertiary/aromatic N) is 1. The van der Waals surface area contributed by atoms with Crippen molar-refractivity contribution in [3.05, 3.63) is 30.1 Å². The molecule has 2 atom stereocenters. The van der Waals surface area contributed by atoms with Crippen LogP contribution in [0.15, 0.2) is 24.4 Å². The van der Waals surface area contributed by atoms with Crippen molar-refractivity contribution >= 4 is 0 Å². The molecule has 1 aromatic rings. The zero-order chi connectivity index (χ0) is 11.8. The van der Waals surface area contributed by atoms with Crippen molar-refractivity contribution in [3.8, 4) is 0 Å². The first-order valence-electron chi connectivity index (χ1n) is 5.52. The molecule has 0 fully saturated rings. The lowest BCUT2D eigenvalue weighted by Crippen LogP contribution is -2.28. The normalized spacial score (nSPS) is 14.7. The smallest absolute Gasteiger partial charge is 0.114 e. The summed E-state index contributed by atoms with van der Waals surface area (Å²) in [6.45, 7) is 3.26. The molecular weight excluding hydrogens is 204 g/mol. The molecule has 1 aromatic heterocycles. The largest absolute Gasteiger partial charge is 0.385 e. The lowest BCUT2D eigenvalue weighted by molar-refractivity contribution is 0.0239. The molecule has 0 aliphatic heterocycles. The average molecular weight is 224 g/mol. The van der Waals surface area contributed by atoms with Crippen LogP contribution in [0, 0.1) is 0 Å². The van der Waals surface area contributed by atoms with Crippen LogP contribution in [0.25, 0.3) is 0 Å². The maximum atomic E-state index is 5.89. The summed E-state index contributed by atoms with van der Waals surface area (Å²) in [5.74, 6) is 0. The molecule has 0 radical (unpaired) electrons. The van der Waals surface area contributed by atoms with Crippen LogP contribution in [0.1, 0.15) is 25.1 Å². The van der Waals surface area contributed by atoms with E-state index >= 15 is 0 Å². The molecule has 16 heavy (non-hydrogen) atoms. The van der Waals surface area contributed by atoms with Crippen LogP contribution in [0.4, 0.5) is 0 Å². The molecule has 1 heterocycles. The van der Waals surface area contributed by atoms with E-state index in [1.807, 2.05) is 25.1 Å². The molecule has 2 N–H and O–H groups in total. The molecule has 4 nitrogen and oxygen atoms in total. The Balaban J connectivity index is 2.49. The predicted molar refractivity (Wildman–Crippen MR) is 63.1 cm³/mol. The number of hydrogen-bond acceptors (Lipinski definition) is 4. The minimum Gasteiger partial charge on any atom is -0.385 e. The minimum absolute atomic E-state index is 0.0718. The highest BCUT2D eigenvalue weighted by Gasteiger charge is 2.17. The van der Waals surface area contributed by atoms with Crippen LogP contribution in [0.3, 0.4) is 0 Å². The van der Waals surface area contributed by atoms with E-state index in [1.165, 1.54) is 0 Å². The highest BCUT2D eigenvalue weighted by molar-refractivity contribution is 5.08. The van der Waals surface area contributed by atoms with Crippen LogP contribution < -0.4 is 5.73 Å². The number of methoxy groups -OCH3 is 1. The van der Waals surface area contributed by atoms with Crippen molar-refractivity contribution in [2.24, 2.45) is 5.73 Å². The summed E-state index contributed by atoms with van der Waals surface area (Å²) in [5.41, 5.74) is 6.77. The Bertz CT molecular complexity index is 278. The van der Waals surface area contributed by atoms with Crippen molar-refractivity contribution in [1.29, 1.82) is 0 Å². The lowest BCUT2D eigenvalue weighted by Gasteiger charge is -2.20. The van der Waals surface area contributed by atoms with E-state index in [4.69, 9.17) is 15.2 Å². The monoisotopic (exact) mass is 224 g/mol. The van der Waals surface area contributed by atoms with Gasteiger partial charge < -0.3 is 15.2 Å². The number of nitrogens with two attached hydrogens (primary N) is 1. The summed E-state index contributed by atoms with van der Waals surface area (Å²) in [4.78, 5) is 4.26. The van der Waals surface area contributed by atoms with E-state index in [9.17, 15) is 0 Å². The summed E-state index contributed by atoms with van der Waals surface area (Å²) in [6.07, 6.45) is 2.48. The van der Waals surface area contributed by atoms with Gasteiger partial charge in [0.1, 0.15) is 6.10 Å². The van der Waals surface area contributed by atoms with Crippen molar-refractivity contribution < 1.29 is 9.47 Å². The Morgan fingerprint density at radius 3 is 2.75 bits per heavy atom. The van der Waals surface area contributed by atoms with Gasteiger partial charge in [-0.05, 0) is 25.5 Å². The molecule has 90 valence electrons. The Hall–Kier alpha value is -0.970. The second-order valence-electron chi connectivity index (χ2n) is 3.75. The second kappa shape index (κ2) is 7.33. The molecule has 0 spiro atoms. The van der Waals surface area contributed by atoms with Gasteiger partial charge in [0.25, 0.3) is 0 Å². The fourth-order valence-corrected chi connectivity index (χ4v) is 1.46. The maximum Gasteiger partial charge on any atom is 0.114 e. The van der Waals surface area contributed by atoms with Gasteiger partial charge in [0, 0.05) is 32.6 Å². The number of hydrogen-bond donors (Lipinski definition) is 1. The van der Waals surface area contributed by atoms with E-state index < -0.39 is 0 Å². The van der Waals surface area contributed by atoms with Crippen LogP contribution in [0.5, 0.6) is 0 Å². The van der Waals surface area contributed by atoms with Gasteiger partial charge in [0.2, 0.25) is 0 Å². The molecule has 0 aliphatic rings. The maximum absolute atomic E-state index is 5.89. The molecular formula is C12H20N2O2. The van der Waals surface area contributed by atoms with Crippen molar-refractivity contribution in [2.75, 3.05) is 20.3 Å². The van der Waals surface area contributed by atoms with E-state index in [1.54, 1.807) is 13.3 Å². The van der Waals surface area contributed by atoms with Crippen molar-refractivity contribution in [1.82, 2.24) is 4.98 Å². The summed E-state index contributed by atoms with van der Waals surface area (Å²) in [7, 11) is 1.68. The first-order valence-corrected chi connectivity index (χ1v) is 5.52. The third kappa shape index (κ3) is 4.26. The fraction of sp³-hybridized carbons (Fsp3) is 0.583. The van der Waals surface area contributed by atoms with E-state index in [0.29, 0.717) is 13.2 Å². The molecule has 0 saturated heterocycles. The first kappa shape index (κ1) is 13.1. The molecule has 0 saturated carbocycles. The third-order valence-corrected chi connectivity index (χ3v) is 2.25. The molecule has 0 aliphatic carbocycles. The van der Waals surface area contributed by atoms with Crippen LogP contribution in [0.2, 0.25) is 0 Å². The van der Waals surface area contributed by atoms with E-state index in [0.717, 1.165) is 12.1 Å². The molecule has 0 amide bonds. The van der Waals surface area contributed by atoms with Gasteiger partial charge in [-0.3, -0.25) is 4.98 Å². The SMILES string of the molecule is COCCCOC(c1ccccn1)C(C)N. The zero-order valence-electron chi connectivity index (χ0n) is 9.93. The summed E-state index contributed by atoms with van der Waals surface area (Å²) >= 11 is 0. The van der Waals surface area contributed by atoms with Gasteiger partial charge in [-0.15, -0.1) is 0 Å². The number of ether oxygens (including phenoxy) is 2. The Kier molecular flexibility index (Phi) is 6.00. The number of pyridine rings is 1. The number of rotatable bonds is 7. The fourth-order valence-electron chi connectivity index (χ4n) is 1.46. The predicted octanol–water partition coefficient (Wildman–Crippen LogP) is 1.52. The highest BCUT2D eigenvalue weighted by Crippen LogP contribution is 2.17. The van der Waals surface area contributed by atoms with Crippen molar-refractivity contribution in [3.63, 3.8) is 0 Å². The molecule has 4 heteroatoms. The van der Waals surface area contributed by atoms with Gasteiger partial charge in [-0.1, -0.05) is 6.07 Å². The number of aromatic nitrogens is 1. The molecule has 0 bridgehead atoms. The first-order chi connectivity index (χ1) is 7.75. The highest BCUT2D eigenvalue weighted by atomic mass is 16.5. The van der Waals surface area contributed by atoms with Crippen LogP contribution in [-0.4, -0.2) is 31.3 Å². The lowest BCUT2D eigenvalue weighted by atomic mass is 10.1. The van der Waals surface area contributed by atoms with E-state index in [2.05, 4.69) is 4.98 Å². The minimum atomic E-state index is -0.141. The third-order valence-electron chi connectivity index (χ3n) is 2.25. The van der Waals surface area contributed by atoms with Crippen molar-refractivity contribution in [2.45, 2.75) is 25.5 Å². The molecule has 0 aromatic carbocycles. The Morgan fingerprint density at radius 1 is 1.38 bits per heavy atom. The van der Waals surface area contributed by atoms with Gasteiger partial charge in [-0.25, -0.2) is 0 Å². The second-order valence-corrected chi connectivity index (χ2v) is 3.75. The summed E-state index contributed by atoms with van der Waals surface area (Å²) < 4.78 is 10.7. The van der Waals surface area contributed by atoms with Crippen LogP contribution >= 0.6 is 0 Å².